The molecular formula is C34H37F2N3O5. The lowest BCUT2D eigenvalue weighted by Gasteiger charge is -2.40. The maximum absolute atomic E-state index is 14.3. The molecule has 1 saturated carbocycles. The highest BCUT2D eigenvalue weighted by atomic mass is 19.1. The molecule has 0 radical (unpaired) electrons. The highest BCUT2D eigenvalue weighted by Gasteiger charge is 2.44. The van der Waals surface area contributed by atoms with Crippen molar-refractivity contribution in [3.63, 3.8) is 0 Å². The Hall–Kier alpha value is -4.47. The molecule has 3 amide bonds. The molecule has 232 valence electrons. The van der Waals surface area contributed by atoms with Crippen molar-refractivity contribution in [2.24, 2.45) is 11.8 Å². The van der Waals surface area contributed by atoms with Gasteiger partial charge in [0.2, 0.25) is 17.7 Å². The van der Waals surface area contributed by atoms with Crippen LogP contribution in [-0.4, -0.2) is 49.4 Å². The lowest BCUT2D eigenvalue weighted by atomic mass is 9.88. The summed E-state index contributed by atoms with van der Waals surface area (Å²) in [7, 11) is 3.18. The van der Waals surface area contributed by atoms with Gasteiger partial charge in [-0.25, -0.2) is 8.78 Å². The van der Waals surface area contributed by atoms with Crippen molar-refractivity contribution in [3.05, 3.63) is 94.6 Å². The van der Waals surface area contributed by atoms with Gasteiger partial charge in [0, 0.05) is 25.6 Å². The molecule has 0 spiro atoms. The Morgan fingerprint density at radius 3 is 2.20 bits per heavy atom. The fraction of sp³-hybridized carbons (Fsp3) is 0.382. The minimum atomic E-state index is -1.16. The van der Waals surface area contributed by atoms with Gasteiger partial charge in [-0.3, -0.25) is 14.4 Å². The van der Waals surface area contributed by atoms with E-state index in [4.69, 9.17) is 9.47 Å². The van der Waals surface area contributed by atoms with Crippen LogP contribution in [0.1, 0.15) is 48.1 Å². The standard InChI is InChI=1S/C34H37F2N3O5/c1-20(32(40)37-19-22-13-25(35)17-26(36)14-22)33(41)38-28(15-21-7-5-4-6-8-21)34(42)39-12-11-24-16-29(43-2)30(44-3)18-27(24)31(39)23-9-10-23/h4-8,13-14,16-18,20,23,28,31H,9-12,15,19H2,1-3H3,(H,37,40)(H,38,41). The maximum atomic E-state index is 14.3. The molecule has 8 nitrogen and oxygen atoms in total. The zero-order chi connectivity index (χ0) is 31.4. The number of nitrogens with zero attached hydrogens (tertiary/aromatic N) is 1. The molecule has 0 aromatic heterocycles. The SMILES string of the molecule is COc1cc2c(cc1OC)C(C1CC1)N(C(=O)C(Cc1ccccc1)NC(=O)C(C)C(=O)NCc1cc(F)cc(F)c1)CC2. The zero-order valence-corrected chi connectivity index (χ0v) is 25.1. The topological polar surface area (TPSA) is 97.0 Å². The first-order valence-corrected chi connectivity index (χ1v) is 14.8. The van der Waals surface area contributed by atoms with Crippen molar-refractivity contribution >= 4 is 17.7 Å². The first kappa shape index (κ1) is 31.0. The van der Waals surface area contributed by atoms with Gasteiger partial charge >= 0.3 is 0 Å². The molecule has 1 heterocycles. The molecule has 0 bridgehead atoms. The van der Waals surface area contributed by atoms with Gasteiger partial charge in [0.1, 0.15) is 23.6 Å². The van der Waals surface area contributed by atoms with Gasteiger partial charge in [-0.05, 0) is 78.6 Å². The van der Waals surface area contributed by atoms with Gasteiger partial charge in [-0.2, -0.15) is 0 Å². The average molecular weight is 606 g/mol. The number of nitrogens with one attached hydrogen (secondary N) is 2. The predicted molar refractivity (Wildman–Crippen MR) is 160 cm³/mol. The van der Waals surface area contributed by atoms with Crippen molar-refractivity contribution in [1.82, 2.24) is 15.5 Å². The largest absolute Gasteiger partial charge is 0.493 e. The number of hydrogen-bond donors (Lipinski definition) is 2. The van der Waals surface area contributed by atoms with Crippen LogP contribution in [-0.2, 0) is 33.8 Å². The van der Waals surface area contributed by atoms with Crippen LogP contribution in [0.15, 0.2) is 60.7 Å². The third kappa shape index (κ3) is 7.01. The predicted octanol–water partition coefficient (Wildman–Crippen LogP) is 4.50. The number of halogens is 2. The Balaban J connectivity index is 1.35. The van der Waals surface area contributed by atoms with E-state index in [1.807, 2.05) is 47.4 Å². The number of rotatable bonds is 11. The molecular weight excluding hydrogens is 568 g/mol. The van der Waals surface area contributed by atoms with Gasteiger partial charge in [0.15, 0.2) is 11.5 Å². The van der Waals surface area contributed by atoms with E-state index in [-0.39, 0.29) is 30.5 Å². The van der Waals surface area contributed by atoms with Crippen LogP contribution in [0.3, 0.4) is 0 Å². The molecule has 3 atom stereocenters. The smallest absolute Gasteiger partial charge is 0.246 e. The molecule has 1 aliphatic heterocycles. The number of benzene rings is 3. The molecule has 10 heteroatoms. The summed E-state index contributed by atoms with van der Waals surface area (Å²) in [6.07, 6.45) is 2.85. The van der Waals surface area contributed by atoms with E-state index in [1.165, 1.54) is 6.92 Å². The number of ether oxygens (including phenoxy) is 2. The van der Waals surface area contributed by atoms with Crippen LogP contribution < -0.4 is 20.1 Å². The summed E-state index contributed by atoms with van der Waals surface area (Å²) in [6, 6.07) is 15.2. The van der Waals surface area contributed by atoms with Crippen molar-refractivity contribution in [3.8, 4) is 11.5 Å². The quantitative estimate of drug-likeness (QED) is 0.314. The molecule has 3 unspecified atom stereocenters. The van der Waals surface area contributed by atoms with Crippen LogP contribution in [0.4, 0.5) is 8.78 Å². The van der Waals surface area contributed by atoms with Crippen LogP contribution in [0, 0.1) is 23.5 Å². The fourth-order valence-corrected chi connectivity index (χ4v) is 5.87. The Kier molecular flexibility index (Phi) is 9.46. The van der Waals surface area contributed by atoms with Crippen LogP contribution in [0.25, 0.3) is 0 Å². The van der Waals surface area contributed by atoms with E-state index in [9.17, 15) is 23.2 Å². The Morgan fingerprint density at radius 2 is 1.57 bits per heavy atom. The van der Waals surface area contributed by atoms with Gasteiger partial charge in [-0.15, -0.1) is 0 Å². The summed E-state index contributed by atoms with van der Waals surface area (Å²) in [5.74, 6) is -2.60. The fourth-order valence-electron chi connectivity index (χ4n) is 5.87. The number of carbonyl (C=O) groups excluding carboxylic acids is 3. The van der Waals surface area contributed by atoms with Crippen molar-refractivity contribution in [1.29, 1.82) is 0 Å². The van der Waals surface area contributed by atoms with E-state index in [2.05, 4.69) is 10.6 Å². The van der Waals surface area contributed by atoms with Gasteiger partial charge in [-0.1, -0.05) is 30.3 Å². The normalized spacial score (nSPS) is 17.2. The van der Waals surface area contributed by atoms with Crippen molar-refractivity contribution in [2.45, 2.75) is 51.2 Å². The Bertz CT molecular complexity index is 1510. The molecule has 3 aromatic rings. The molecule has 0 saturated heterocycles. The first-order valence-electron chi connectivity index (χ1n) is 14.8. The number of methoxy groups -OCH3 is 2. The van der Waals surface area contributed by atoms with Crippen LogP contribution >= 0.6 is 0 Å². The number of carbonyl (C=O) groups is 3. The second kappa shape index (κ2) is 13.4. The molecule has 2 aliphatic rings. The van der Waals surface area contributed by atoms with Crippen molar-refractivity contribution in [2.75, 3.05) is 20.8 Å². The average Bonchev–Trinajstić information content (AvgIpc) is 3.86. The summed E-state index contributed by atoms with van der Waals surface area (Å²) in [6.45, 7) is 1.76. The summed E-state index contributed by atoms with van der Waals surface area (Å²) >= 11 is 0. The molecule has 1 aliphatic carbocycles. The minimum absolute atomic E-state index is 0.151. The zero-order valence-electron chi connectivity index (χ0n) is 25.1. The summed E-state index contributed by atoms with van der Waals surface area (Å²) in [4.78, 5) is 42.4. The number of amides is 3. The van der Waals surface area contributed by atoms with Crippen molar-refractivity contribution < 1.29 is 32.6 Å². The maximum Gasteiger partial charge on any atom is 0.246 e. The van der Waals surface area contributed by atoms with Crippen LogP contribution in [0.2, 0.25) is 0 Å². The molecule has 5 rings (SSSR count). The monoisotopic (exact) mass is 605 g/mol. The molecule has 2 N–H and O–H groups in total. The second-order valence-electron chi connectivity index (χ2n) is 11.4. The number of hydrogen-bond acceptors (Lipinski definition) is 5. The minimum Gasteiger partial charge on any atom is -0.493 e. The second-order valence-corrected chi connectivity index (χ2v) is 11.4. The molecule has 3 aromatic carbocycles. The third-order valence-corrected chi connectivity index (χ3v) is 8.35. The van der Waals surface area contributed by atoms with E-state index in [1.54, 1.807) is 14.2 Å². The number of fused-ring (bicyclic) bond motifs is 1. The third-order valence-electron chi connectivity index (χ3n) is 8.35. The van der Waals surface area contributed by atoms with Crippen LogP contribution in [0.5, 0.6) is 11.5 Å². The van der Waals surface area contributed by atoms with E-state index < -0.39 is 35.4 Å². The highest BCUT2D eigenvalue weighted by Crippen LogP contribution is 2.49. The van der Waals surface area contributed by atoms with Gasteiger partial charge < -0.3 is 25.0 Å². The van der Waals surface area contributed by atoms with E-state index in [0.29, 0.717) is 30.4 Å². The van der Waals surface area contributed by atoms with Gasteiger partial charge in [0.05, 0.1) is 20.3 Å². The lowest BCUT2D eigenvalue weighted by Crippen LogP contribution is -2.54. The van der Waals surface area contributed by atoms with E-state index >= 15 is 0 Å². The Morgan fingerprint density at radius 1 is 0.909 bits per heavy atom. The van der Waals surface area contributed by atoms with E-state index in [0.717, 1.165) is 47.7 Å². The molecule has 1 fully saturated rings. The first-order chi connectivity index (χ1) is 21.2. The Labute approximate surface area is 255 Å². The lowest BCUT2D eigenvalue weighted by molar-refractivity contribution is -0.142. The highest BCUT2D eigenvalue weighted by molar-refractivity contribution is 6.01. The summed E-state index contributed by atoms with van der Waals surface area (Å²) in [5.41, 5.74) is 3.22. The summed E-state index contributed by atoms with van der Waals surface area (Å²) in [5, 5.41) is 5.41. The summed E-state index contributed by atoms with van der Waals surface area (Å²) < 4.78 is 38.2. The molecule has 44 heavy (non-hydrogen) atoms. The van der Waals surface area contributed by atoms with Gasteiger partial charge in [0.25, 0.3) is 0 Å².